The molecule has 0 spiro atoms. The van der Waals surface area contributed by atoms with Crippen LogP contribution in [0.3, 0.4) is 0 Å². The fraction of sp³-hybridized carbons (Fsp3) is 0.688. The minimum Gasteiger partial charge on any atom is -0.398 e. The van der Waals surface area contributed by atoms with Gasteiger partial charge in [-0.05, 0) is 36.8 Å². The maximum Gasteiger partial charge on any atom is 0.0593 e. The zero-order chi connectivity index (χ0) is 14.6. The van der Waals surface area contributed by atoms with E-state index >= 15 is 0 Å². The van der Waals surface area contributed by atoms with Crippen LogP contribution in [0.4, 0.5) is 5.69 Å². The van der Waals surface area contributed by atoms with Crippen LogP contribution in [0.5, 0.6) is 0 Å². The number of aromatic nitrogens is 1. The number of nitrogens with two attached hydrogens (primary N) is 1. The number of rotatable bonds is 6. The largest absolute Gasteiger partial charge is 0.398 e. The highest BCUT2D eigenvalue weighted by atomic mass is 15.1. The van der Waals surface area contributed by atoms with Gasteiger partial charge in [-0.15, -0.1) is 0 Å². The summed E-state index contributed by atoms with van der Waals surface area (Å²) in [5.41, 5.74) is 10.3. The van der Waals surface area contributed by atoms with E-state index in [0.29, 0.717) is 11.8 Å². The lowest BCUT2D eigenvalue weighted by atomic mass is 10.1. The van der Waals surface area contributed by atoms with Crippen molar-refractivity contribution in [3.05, 3.63) is 23.0 Å². The number of pyridine rings is 1. The van der Waals surface area contributed by atoms with Gasteiger partial charge in [0, 0.05) is 31.5 Å². The van der Waals surface area contributed by atoms with Gasteiger partial charge in [0.15, 0.2) is 0 Å². The Morgan fingerprint density at radius 1 is 1.11 bits per heavy atom. The standard InChI is InChI=1S/C16H29N3/c1-11(2)8-19(9-12(3)4)10-15-14(6)16(17)13(5)7-18-15/h7,11-12H,8-10H2,1-6H3,(H2,17,18). The van der Waals surface area contributed by atoms with Crippen LogP contribution in [0.1, 0.15) is 44.5 Å². The van der Waals surface area contributed by atoms with Crippen LogP contribution in [-0.2, 0) is 6.54 Å². The van der Waals surface area contributed by atoms with Crippen molar-refractivity contribution < 1.29 is 0 Å². The van der Waals surface area contributed by atoms with E-state index in [2.05, 4.69) is 44.5 Å². The molecule has 0 radical (unpaired) electrons. The number of anilines is 1. The molecule has 0 amide bonds. The summed E-state index contributed by atoms with van der Waals surface area (Å²) in [6.07, 6.45) is 1.89. The van der Waals surface area contributed by atoms with Crippen LogP contribution in [0, 0.1) is 25.7 Å². The van der Waals surface area contributed by atoms with Crippen molar-refractivity contribution in [3.63, 3.8) is 0 Å². The van der Waals surface area contributed by atoms with Crippen molar-refractivity contribution in [3.8, 4) is 0 Å². The molecule has 0 unspecified atom stereocenters. The summed E-state index contributed by atoms with van der Waals surface area (Å²) in [5, 5.41) is 0. The highest BCUT2D eigenvalue weighted by Gasteiger charge is 2.13. The molecule has 0 bridgehead atoms. The summed E-state index contributed by atoms with van der Waals surface area (Å²) in [4.78, 5) is 7.06. The average Bonchev–Trinajstić information content (AvgIpc) is 2.28. The van der Waals surface area contributed by atoms with Crippen LogP contribution in [0.25, 0.3) is 0 Å². The van der Waals surface area contributed by atoms with E-state index in [4.69, 9.17) is 5.73 Å². The number of hydrogen-bond acceptors (Lipinski definition) is 3. The summed E-state index contributed by atoms with van der Waals surface area (Å²) in [5.74, 6) is 1.34. The Kier molecular flexibility index (Phi) is 5.80. The Labute approximate surface area is 118 Å². The van der Waals surface area contributed by atoms with Crippen LogP contribution in [-0.4, -0.2) is 23.0 Å². The maximum absolute atomic E-state index is 6.10. The van der Waals surface area contributed by atoms with Gasteiger partial charge < -0.3 is 5.73 Å². The van der Waals surface area contributed by atoms with Crippen molar-refractivity contribution in [2.24, 2.45) is 11.8 Å². The van der Waals surface area contributed by atoms with E-state index in [0.717, 1.165) is 42.1 Å². The van der Waals surface area contributed by atoms with E-state index in [-0.39, 0.29) is 0 Å². The lowest BCUT2D eigenvalue weighted by Crippen LogP contribution is -2.31. The fourth-order valence-corrected chi connectivity index (χ4v) is 2.40. The Balaban J connectivity index is 2.86. The molecular weight excluding hydrogens is 234 g/mol. The van der Waals surface area contributed by atoms with E-state index < -0.39 is 0 Å². The van der Waals surface area contributed by atoms with E-state index in [1.165, 1.54) is 0 Å². The Morgan fingerprint density at radius 2 is 1.63 bits per heavy atom. The molecule has 0 aliphatic rings. The predicted octanol–water partition coefficient (Wildman–Crippen LogP) is 3.39. The molecule has 0 aromatic carbocycles. The lowest BCUT2D eigenvalue weighted by Gasteiger charge is -2.26. The molecule has 0 aliphatic carbocycles. The lowest BCUT2D eigenvalue weighted by molar-refractivity contribution is 0.209. The Morgan fingerprint density at radius 3 is 2.11 bits per heavy atom. The van der Waals surface area contributed by atoms with Crippen molar-refractivity contribution in [1.29, 1.82) is 0 Å². The Hall–Kier alpha value is -1.09. The topological polar surface area (TPSA) is 42.2 Å². The van der Waals surface area contributed by atoms with Gasteiger partial charge in [-0.25, -0.2) is 0 Å². The van der Waals surface area contributed by atoms with Crippen LogP contribution in [0.2, 0.25) is 0 Å². The number of nitrogen functional groups attached to an aromatic ring is 1. The SMILES string of the molecule is Cc1cnc(CN(CC(C)C)CC(C)C)c(C)c1N. The first kappa shape index (κ1) is 16.0. The van der Waals surface area contributed by atoms with Gasteiger partial charge in [0.2, 0.25) is 0 Å². The predicted molar refractivity (Wildman–Crippen MR) is 83.1 cm³/mol. The second kappa shape index (κ2) is 6.90. The smallest absolute Gasteiger partial charge is 0.0593 e. The van der Waals surface area contributed by atoms with Gasteiger partial charge in [-0.1, -0.05) is 27.7 Å². The molecule has 0 saturated heterocycles. The molecule has 3 nitrogen and oxygen atoms in total. The summed E-state index contributed by atoms with van der Waals surface area (Å²) in [6, 6.07) is 0. The maximum atomic E-state index is 6.10. The zero-order valence-electron chi connectivity index (χ0n) is 13.3. The molecule has 0 saturated carbocycles. The first-order valence-electron chi connectivity index (χ1n) is 7.24. The molecule has 0 fully saturated rings. The van der Waals surface area contributed by atoms with Gasteiger partial charge in [0.05, 0.1) is 5.69 Å². The third-order valence-corrected chi connectivity index (χ3v) is 3.30. The third kappa shape index (κ3) is 4.83. The summed E-state index contributed by atoms with van der Waals surface area (Å²) < 4.78 is 0. The van der Waals surface area contributed by atoms with E-state index in [1.54, 1.807) is 0 Å². The zero-order valence-corrected chi connectivity index (χ0v) is 13.3. The monoisotopic (exact) mass is 263 g/mol. The second-order valence-electron chi connectivity index (χ2n) is 6.41. The van der Waals surface area contributed by atoms with E-state index in [1.807, 2.05) is 13.1 Å². The Bertz CT molecular complexity index is 401. The molecule has 1 aromatic heterocycles. The second-order valence-corrected chi connectivity index (χ2v) is 6.41. The summed E-state index contributed by atoms with van der Waals surface area (Å²) in [6.45, 7) is 16.2. The van der Waals surface area contributed by atoms with Crippen LogP contribution < -0.4 is 5.73 Å². The average molecular weight is 263 g/mol. The highest BCUT2D eigenvalue weighted by molar-refractivity contribution is 5.53. The number of hydrogen-bond donors (Lipinski definition) is 1. The minimum absolute atomic E-state index is 0.668. The molecule has 1 rings (SSSR count). The summed E-state index contributed by atoms with van der Waals surface area (Å²) in [7, 11) is 0. The van der Waals surface area contributed by atoms with Gasteiger partial charge in [0.1, 0.15) is 0 Å². The van der Waals surface area contributed by atoms with Crippen molar-refractivity contribution >= 4 is 5.69 Å². The number of nitrogens with zero attached hydrogens (tertiary/aromatic N) is 2. The normalized spacial score (nSPS) is 11.8. The van der Waals surface area contributed by atoms with Crippen LogP contribution in [0.15, 0.2) is 6.20 Å². The molecule has 1 heterocycles. The fourth-order valence-electron chi connectivity index (χ4n) is 2.40. The highest BCUT2D eigenvalue weighted by Crippen LogP contribution is 2.20. The molecule has 0 atom stereocenters. The van der Waals surface area contributed by atoms with Gasteiger partial charge >= 0.3 is 0 Å². The first-order chi connectivity index (χ1) is 8.81. The molecule has 3 heteroatoms. The van der Waals surface area contributed by atoms with Crippen molar-refractivity contribution in [2.45, 2.75) is 48.1 Å². The minimum atomic E-state index is 0.668. The quantitative estimate of drug-likeness (QED) is 0.855. The van der Waals surface area contributed by atoms with Crippen molar-refractivity contribution in [2.75, 3.05) is 18.8 Å². The van der Waals surface area contributed by atoms with Gasteiger partial charge in [0.25, 0.3) is 0 Å². The van der Waals surface area contributed by atoms with Gasteiger partial charge in [-0.3, -0.25) is 9.88 Å². The third-order valence-electron chi connectivity index (χ3n) is 3.30. The molecule has 19 heavy (non-hydrogen) atoms. The number of aryl methyl sites for hydroxylation is 1. The van der Waals surface area contributed by atoms with Gasteiger partial charge in [-0.2, -0.15) is 0 Å². The van der Waals surface area contributed by atoms with Crippen LogP contribution >= 0.6 is 0 Å². The molecule has 1 aromatic rings. The summed E-state index contributed by atoms with van der Waals surface area (Å²) >= 11 is 0. The first-order valence-corrected chi connectivity index (χ1v) is 7.24. The van der Waals surface area contributed by atoms with Crippen molar-refractivity contribution in [1.82, 2.24) is 9.88 Å². The molecular formula is C16H29N3. The molecule has 108 valence electrons. The van der Waals surface area contributed by atoms with E-state index in [9.17, 15) is 0 Å². The molecule has 0 aliphatic heterocycles. The molecule has 2 N–H and O–H groups in total.